The van der Waals surface area contributed by atoms with Crippen LogP contribution in [0.15, 0.2) is 64.3 Å². The lowest BCUT2D eigenvalue weighted by molar-refractivity contribution is 0.102. The molecule has 1 aromatic heterocycles. The lowest BCUT2D eigenvalue weighted by Gasteiger charge is -2.11. The molecular formula is C21H23N3O2S. The minimum absolute atomic E-state index is 0.247. The zero-order valence-electron chi connectivity index (χ0n) is 15.9. The highest BCUT2D eigenvalue weighted by atomic mass is 32.2. The first-order chi connectivity index (χ1) is 12.9. The third-order valence-electron chi connectivity index (χ3n) is 4.29. The van der Waals surface area contributed by atoms with Crippen LogP contribution in [0.3, 0.4) is 0 Å². The fourth-order valence-electron chi connectivity index (χ4n) is 2.90. The molecule has 5 nitrogen and oxygen atoms in total. The van der Waals surface area contributed by atoms with Gasteiger partial charge in [0.15, 0.2) is 0 Å². The minimum Gasteiger partial charge on any atom is -0.316 e. The molecular weight excluding hydrogens is 358 g/mol. The molecule has 6 heteroatoms. The predicted molar refractivity (Wildman–Crippen MR) is 111 cm³/mol. The van der Waals surface area contributed by atoms with Gasteiger partial charge in [0.05, 0.1) is 16.9 Å². The summed E-state index contributed by atoms with van der Waals surface area (Å²) < 4.78 is 3.31. The van der Waals surface area contributed by atoms with Crippen LogP contribution in [0.1, 0.15) is 29.9 Å². The Morgan fingerprint density at radius 2 is 1.67 bits per heavy atom. The fraction of sp³-hybridized carbons (Fsp3) is 0.238. The summed E-state index contributed by atoms with van der Waals surface area (Å²) in [5.74, 6) is -0.273. The highest BCUT2D eigenvalue weighted by Gasteiger charge is 2.20. The summed E-state index contributed by atoms with van der Waals surface area (Å²) in [5, 5.41) is 3.19. The highest BCUT2D eigenvalue weighted by molar-refractivity contribution is 8.00. The molecule has 1 N–H and O–H groups in total. The van der Waals surface area contributed by atoms with Crippen molar-refractivity contribution in [1.82, 2.24) is 9.36 Å². The number of hydrogen-bond donors (Lipinski definition) is 1. The highest BCUT2D eigenvalue weighted by Crippen LogP contribution is 2.27. The average molecular weight is 382 g/mol. The molecule has 0 spiro atoms. The van der Waals surface area contributed by atoms with Crippen LogP contribution in [0.2, 0.25) is 0 Å². The normalized spacial score (nSPS) is 11.0. The van der Waals surface area contributed by atoms with Crippen LogP contribution >= 0.6 is 11.8 Å². The van der Waals surface area contributed by atoms with Gasteiger partial charge >= 0.3 is 0 Å². The number of amides is 1. The topological polar surface area (TPSA) is 56.0 Å². The summed E-state index contributed by atoms with van der Waals surface area (Å²) in [6.45, 7) is 5.99. The Balaban J connectivity index is 1.98. The smallest absolute Gasteiger partial charge is 0.295 e. The zero-order valence-corrected chi connectivity index (χ0v) is 16.7. The number of nitrogens with one attached hydrogen (secondary N) is 1. The quantitative estimate of drug-likeness (QED) is 0.673. The lowest BCUT2D eigenvalue weighted by atomic mass is 10.2. The van der Waals surface area contributed by atoms with Crippen molar-refractivity contribution in [3.63, 3.8) is 0 Å². The number of carbonyl (C=O) groups is 1. The Bertz CT molecular complexity index is 1020. The molecule has 1 amide bonds. The Hall–Kier alpha value is -2.73. The van der Waals surface area contributed by atoms with E-state index in [4.69, 9.17) is 0 Å². The molecule has 0 unspecified atom stereocenters. The molecule has 3 aromatic rings. The molecule has 1 heterocycles. The molecule has 0 aliphatic heterocycles. The summed E-state index contributed by atoms with van der Waals surface area (Å²) in [6, 6.07) is 16.8. The molecule has 3 rings (SSSR count). The number of hydrogen-bond acceptors (Lipinski definition) is 3. The molecule has 0 radical (unpaired) electrons. The van der Waals surface area contributed by atoms with E-state index < -0.39 is 0 Å². The van der Waals surface area contributed by atoms with E-state index in [-0.39, 0.29) is 11.5 Å². The van der Waals surface area contributed by atoms with Crippen molar-refractivity contribution in [1.29, 1.82) is 0 Å². The van der Waals surface area contributed by atoms with E-state index in [2.05, 4.69) is 19.2 Å². The van der Waals surface area contributed by atoms with Crippen LogP contribution in [0.4, 0.5) is 5.69 Å². The maximum absolute atomic E-state index is 13.0. The first-order valence-electron chi connectivity index (χ1n) is 8.81. The van der Waals surface area contributed by atoms with Crippen LogP contribution in [0.5, 0.6) is 0 Å². The Kier molecular flexibility index (Phi) is 5.56. The maximum atomic E-state index is 13.0. The second kappa shape index (κ2) is 7.88. The van der Waals surface area contributed by atoms with Crippen LogP contribution in [-0.2, 0) is 7.05 Å². The number of aromatic nitrogens is 2. The number of rotatable bonds is 5. The third kappa shape index (κ3) is 3.85. The van der Waals surface area contributed by atoms with Gasteiger partial charge in [0, 0.05) is 17.2 Å². The maximum Gasteiger partial charge on any atom is 0.295 e. The Labute approximate surface area is 163 Å². The van der Waals surface area contributed by atoms with E-state index in [9.17, 15) is 9.59 Å². The standard InChI is InChI=1S/C21H23N3O2S/c1-14(2)27-18-13-9-8-12-17(18)20(25)22-19-15(3)23(4)24(21(19)26)16-10-6-5-7-11-16/h5-14H,1-4H3,(H,22,25). The number of carbonyl (C=O) groups excluding carboxylic acids is 1. The van der Waals surface area contributed by atoms with Gasteiger partial charge in [-0.1, -0.05) is 44.2 Å². The second-order valence-electron chi connectivity index (χ2n) is 6.55. The largest absolute Gasteiger partial charge is 0.316 e. The van der Waals surface area contributed by atoms with E-state index in [1.807, 2.05) is 62.5 Å². The van der Waals surface area contributed by atoms with Gasteiger partial charge in [-0.2, -0.15) is 0 Å². The van der Waals surface area contributed by atoms with Crippen molar-refractivity contribution in [3.8, 4) is 5.69 Å². The molecule has 27 heavy (non-hydrogen) atoms. The van der Waals surface area contributed by atoms with Crippen LogP contribution < -0.4 is 10.9 Å². The van der Waals surface area contributed by atoms with Crippen molar-refractivity contribution < 1.29 is 4.79 Å². The molecule has 0 saturated carbocycles. The number of benzene rings is 2. The molecule has 0 atom stereocenters. The third-order valence-corrected chi connectivity index (χ3v) is 5.37. The van der Waals surface area contributed by atoms with Crippen molar-refractivity contribution in [2.24, 2.45) is 7.05 Å². The molecule has 140 valence electrons. The fourth-order valence-corrected chi connectivity index (χ4v) is 3.86. The lowest BCUT2D eigenvalue weighted by Crippen LogP contribution is -2.23. The first kappa shape index (κ1) is 19.0. The SMILES string of the molecule is Cc1c(NC(=O)c2ccccc2SC(C)C)c(=O)n(-c2ccccc2)n1C. The van der Waals surface area contributed by atoms with Crippen molar-refractivity contribution >= 4 is 23.4 Å². The summed E-state index contributed by atoms with van der Waals surface area (Å²) in [5.41, 5.74) is 2.08. The molecule has 0 saturated heterocycles. The van der Waals surface area contributed by atoms with Crippen molar-refractivity contribution in [2.75, 3.05) is 5.32 Å². The Morgan fingerprint density at radius 1 is 1.04 bits per heavy atom. The monoisotopic (exact) mass is 381 g/mol. The van der Waals surface area contributed by atoms with Gasteiger partial charge in [-0.25, -0.2) is 4.68 Å². The van der Waals surface area contributed by atoms with E-state index in [1.165, 1.54) is 0 Å². The van der Waals surface area contributed by atoms with E-state index in [0.29, 0.717) is 22.2 Å². The van der Waals surface area contributed by atoms with Gasteiger partial charge in [-0.05, 0) is 31.2 Å². The average Bonchev–Trinajstić information content (AvgIpc) is 2.85. The predicted octanol–water partition coefficient (Wildman–Crippen LogP) is 4.24. The molecule has 0 fully saturated rings. The van der Waals surface area contributed by atoms with Crippen LogP contribution in [0.25, 0.3) is 5.69 Å². The van der Waals surface area contributed by atoms with Gasteiger partial charge in [0.1, 0.15) is 5.69 Å². The number of para-hydroxylation sites is 1. The van der Waals surface area contributed by atoms with Crippen LogP contribution in [-0.4, -0.2) is 20.5 Å². The second-order valence-corrected chi connectivity index (χ2v) is 8.17. The van der Waals surface area contributed by atoms with Gasteiger partial charge in [0.25, 0.3) is 11.5 Å². The van der Waals surface area contributed by atoms with Crippen molar-refractivity contribution in [2.45, 2.75) is 30.9 Å². The van der Waals surface area contributed by atoms with Crippen molar-refractivity contribution in [3.05, 3.63) is 76.2 Å². The first-order valence-corrected chi connectivity index (χ1v) is 9.69. The van der Waals surface area contributed by atoms with Gasteiger partial charge in [-0.15, -0.1) is 11.8 Å². The summed E-state index contributed by atoms with van der Waals surface area (Å²) in [7, 11) is 1.81. The minimum atomic E-state index is -0.273. The summed E-state index contributed by atoms with van der Waals surface area (Å²) in [6.07, 6.45) is 0. The van der Waals surface area contributed by atoms with E-state index in [0.717, 1.165) is 10.6 Å². The van der Waals surface area contributed by atoms with Crippen LogP contribution in [0, 0.1) is 6.92 Å². The number of anilines is 1. The molecule has 0 aliphatic carbocycles. The Morgan fingerprint density at radius 3 is 2.33 bits per heavy atom. The van der Waals surface area contributed by atoms with Gasteiger partial charge in [-0.3, -0.25) is 14.3 Å². The number of thioether (sulfide) groups is 1. The molecule has 2 aromatic carbocycles. The van der Waals surface area contributed by atoms with Gasteiger partial charge in [0.2, 0.25) is 0 Å². The molecule has 0 bridgehead atoms. The van der Waals surface area contributed by atoms with E-state index in [1.54, 1.807) is 27.2 Å². The van der Waals surface area contributed by atoms with E-state index >= 15 is 0 Å². The zero-order chi connectivity index (χ0) is 19.6. The van der Waals surface area contributed by atoms with Gasteiger partial charge < -0.3 is 5.32 Å². The number of nitrogens with zero attached hydrogens (tertiary/aromatic N) is 2. The summed E-state index contributed by atoms with van der Waals surface area (Å²) in [4.78, 5) is 26.8. The summed E-state index contributed by atoms with van der Waals surface area (Å²) >= 11 is 1.63. The molecule has 0 aliphatic rings.